The molecule has 1 N–H and O–H groups in total. The molecule has 0 radical (unpaired) electrons. The van der Waals surface area contributed by atoms with Crippen molar-refractivity contribution in [3.8, 4) is 0 Å². The van der Waals surface area contributed by atoms with E-state index in [4.69, 9.17) is 0 Å². The van der Waals surface area contributed by atoms with Gasteiger partial charge < -0.3 is 5.32 Å². The number of nitrogens with one attached hydrogen (secondary N) is 1. The van der Waals surface area contributed by atoms with Crippen molar-refractivity contribution in [2.24, 2.45) is 11.8 Å². The third-order valence-electron chi connectivity index (χ3n) is 3.08. The maximum absolute atomic E-state index is 11.0. The van der Waals surface area contributed by atoms with Gasteiger partial charge in [-0.05, 0) is 24.7 Å². The Balaban J connectivity index is 1.98. The summed E-state index contributed by atoms with van der Waals surface area (Å²) >= 11 is 0. The minimum Gasteiger partial charge on any atom is -0.356 e. The van der Waals surface area contributed by atoms with Gasteiger partial charge in [-0.15, -0.1) is 0 Å². The normalized spacial score (nSPS) is 37.6. The van der Waals surface area contributed by atoms with Crippen LogP contribution in [-0.2, 0) is 4.79 Å². The molecule has 2 aliphatic rings. The summed E-state index contributed by atoms with van der Waals surface area (Å²) < 4.78 is 0. The van der Waals surface area contributed by atoms with Crippen LogP contribution in [-0.4, -0.2) is 12.5 Å². The maximum atomic E-state index is 11.0. The number of rotatable bonds is 0. The highest BCUT2D eigenvalue weighted by molar-refractivity contribution is 5.77. The van der Waals surface area contributed by atoms with Crippen LogP contribution in [0.4, 0.5) is 0 Å². The molecule has 1 aliphatic heterocycles. The predicted molar refractivity (Wildman–Crippen MR) is 43.1 cm³/mol. The molecule has 2 rings (SSSR count). The molecule has 11 heavy (non-hydrogen) atoms. The highest BCUT2D eigenvalue weighted by Gasteiger charge is 2.30. The molecule has 1 heterocycles. The molecule has 0 spiro atoms. The molecule has 2 heteroatoms. The van der Waals surface area contributed by atoms with Gasteiger partial charge in [0, 0.05) is 13.0 Å². The van der Waals surface area contributed by atoms with Crippen LogP contribution in [0, 0.1) is 11.8 Å². The molecule has 0 aromatic carbocycles. The van der Waals surface area contributed by atoms with E-state index in [1.165, 1.54) is 25.7 Å². The van der Waals surface area contributed by atoms with Crippen LogP contribution >= 0.6 is 0 Å². The standard InChI is InChI=1S/C9H15NO/c11-9-5-7-3-1-2-4-8(7)6-10-9/h7-8H,1-6H2,(H,10,11)/t7-,8+/m1/s1. The molecule has 0 aromatic heterocycles. The van der Waals surface area contributed by atoms with Crippen molar-refractivity contribution in [2.75, 3.05) is 6.54 Å². The number of carbonyl (C=O) groups is 1. The zero-order valence-corrected chi connectivity index (χ0v) is 6.81. The van der Waals surface area contributed by atoms with E-state index in [9.17, 15) is 4.79 Å². The van der Waals surface area contributed by atoms with Crippen LogP contribution < -0.4 is 5.32 Å². The van der Waals surface area contributed by atoms with E-state index in [2.05, 4.69) is 5.32 Å². The molecule has 0 aromatic rings. The molecular formula is C9H15NO. The van der Waals surface area contributed by atoms with Gasteiger partial charge >= 0.3 is 0 Å². The third kappa shape index (κ3) is 1.39. The molecule has 1 aliphatic carbocycles. The fraction of sp³-hybridized carbons (Fsp3) is 0.889. The Morgan fingerprint density at radius 1 is 1.18 bits per heavy atom. The van der Waals surface area contributed by atoms with Gasteiger partial charge in [0.1, 0.15) is 0 Å². The average molecular weight is 153 g/mol. The van der Waals surface area contributed by atoms with Crippen molar-refractivity contribution < 1.29 is 4.79 Å². The Morgan fingerprint density at radius 3 is 2.73 bits per heavy atom. The SMILES string of the molecule is O=C1C[C@H]2CCCC[C@H]2CN1. The van der Waals surface area contributed by atoms with Gasteiger partial charge in [-0.25, -0.2) is 0 Å². The maximum Gasteiger partial charge on any atom is 0.220 e. The summed E-state index contributed by atoms with van der Waals surface area (Å²) in [5.41, 5.74) is 0. The van der Waals surface area contributed by atoms with Gasteiger partial charge in [0.15, 0.2) is 0 Å². The number of hydrogen-bond acceptors (Lipinski definition) is 1. The third-order valence-corrected chi connectivity index (χ3v) is 3.08. The lowest BCUT2D eigenvalue weighted by Gasteiger charge is -2.35. The number of carbonyl (C=O) groups excluding carboxylic acids is 1. The Labute approximate surface area is 67.4 Å². The van der Waals surface area contributed by atoms with Gasteiger partial charge in [0.25, 0.3) is 0 Å². The largest absolute Gasteiger partial charge is 0.356 e. The minimum atomic E-state index is 0.271. The second-order valence-electron chi connectivity index (χ2n) is 3.81. The molecule has 2 atom stereocenters. The monoisotopic (exact) mass is 153 g/mol. The van der Waals surface area contributed by atoms with Crippen molar-refractivity contribution in [3.63, 3.8) is 0 Å². The first-order valence-corrected chi connectivity index (χ1v) is 4.63. The van der Waals surface area contributed by atoms with Crippen molar-refractivity contribution in [2.45, 2.75) is 32.1 Å². The number of fused-ring (bicyclic) bond motifs is 1. The van der Waals surface area contributed by atoms with Crippen molar-refractivity contribution in [1.82, 2.24) is 5.32 Å². The van der Waals surface area contributed by atoms with E-state index in [0.717, 1.165) is 24.8 Å². The quantitative estimate of drug-likeness (QED) is 0.558. The van der Waals surface area contributed by atoms with Gasteiger partial charge in [-0.1, -0.05) is 12.8 Å². The van der Waals surface area contributed by atoms with Crippen LogP contribution in [0.15, 0.2) is 0 Å². The van der Waals surface area contributed by atoms with Crippen molar-refractivity contribution in [3.05, 3.63) is 0 Å². The van der Waals surface area contributed by atoms with Crippen LogP contribution in [0.3, 0.4) is 0 Å². The molecule has 0 bridgehead atoms. The fourth-order valence-electron chi connectivity index (χ4n) is 2.38. The molecule has 0 unspecified atom stereocenters. The van der Waals surface area contributed by atoms with Gasteiger partial charge in [-0.3, -0.25) is 4.79 Å². The van der Waals surface area contributed by atoms with Gasteiger partial charge in [-0.2, -0.15) is 0 Å². The number of piperidine rings is 1. The summed E-state index contributed by atoms with van der Waals surface area (Å²) in [7, 11) is 0. The van der Waals surface area contributed by atoms with Crippen molar-refractivity contribution >= 4 is 5.91 Å². The molecule has 1 amide bonds. The smallest absolute Gasteiger partial charge is 0.220 e. The van der Waals surface area contributed by atoms with Crippen molar-refractivity contribution in [1.29, 1.82) is 0 Å². The summed E-state index contributed by atoms with van der Waals surface area (Å²) in [6.45, 7) is 0.948. The Bertz CT molecular complexity index is 167. The number of hydrogen-bond donors (Lipinski definition) is 1. The lowest BCUT2D eigenvalue weighted by atomic mass is 9.75. The summed E-state index contributed by atoms with van der Waals surface area (Å²) in [5.74, 6) is 1.80. The van der Waals surface area contributed by atoms with Crippen LogP contribution in [0.1, 0.15) is 32.1 Å². The predicted octanol–water partition coefficient (Wildman–Crippen LogP) is 1.31. The van der Waals surface area contributed by atoms with E-state index < -0.39 is 0 Å². The molecule has 2 nitrogen and oxygen atoms in total. The summed E-state index contributed by atoms with van der Waals surface area (Å²) in [5, 5.41) is 2.94. The molecule has 1 saturated carbocycles. The zero-order chi connectivity index (χ0) is 7.68. The van der Waals surface area contributed by atoms with E-state index in [1.807, 2.05) is 0 Å². The summed E-state index contributed by atoms with van der Waals surface area (Å²) in [6.07, 6.45) is 6.14. The summed E-state index contributed by atoms with van der Waals surface area (Å²) in [6, 6.07) is 0. The van der Waals surface area contributed by atoms with Crippen LogP contribution in [0.25, 0.3) is 0 Å². The van der Waals surface area contributed by atoms with E-state index in [1.54, 1.807) is 0 Å². The molecular weight excluding hydrogens is 138 g/mol. The van der Waals surface area contributed by atoms with E-state index in [0.29, 0.717) is 0 Å². The van der Waals surface area contributed by atoms with E-state index in [-0.39, 0.29) is 5.91 Å². The molecule has 2 fully saturated rings. The minimum absolute atomic E-state index is 0.271. The molecule has 1 saturated heterocycles. The first kappa shape index (κ1) is 7.14. The van der Waals surface area contributed by atoms with E-state index >= 15 is 0 Å². The van der Waals surface area contributed by atoms with Gasteiger partial charge in [0.05, 0.1) is 0 Å². The average Bonchev–Trinajstić information content (AvgIpc) is 2.04. The fourth-order valence-corrected chi connectivity index (χ4v) is 2.38. The second-order valence-corrected chi connectivity index (χ2v) is 3.81. The topological polar surface area (TPSA) is 29.1 Å². The highest BCUT2D eigenvalue weighted by Crippen LogP contribution is 2.33. The lowest BCUT2D eigenvalue weighted by Crippen LogP contribution is -2.41. The van der Waals surface area contributed by atoms with Crippen LogP contribution in [0.2, 0.25) is 0 Å². The molecule has 62 valence electrons. The second kappa shape index (κ2) is 2.84. The first-order valence-electron chi connectivity index (χ1n) is 4.63. The Morgan fingerprint density at radius 2 is 1.91 bits per heavy atom. The Kier molecular flexibility index (Phi) is 1.84. The van der Waals surface area contributed by atoms with Gasteiger partial charge in [0.2, 0.25) is 5.91 Å². The Hall–Kier alpha value is -0.530. The van der Waals surface area contributed by atoms with Crippen LogP contribution in [0.5, 0.6) is 0 Å². The lowest BCUT2D eigenvalue weighted by molar-refractivity contribution is -0.125. The summed E-state index contributed by atoms with van der Waals surface area (Å²) in [4.78, 5) is 11.0. The first-order chi connectivity index (χ1) is 5.36. The zero-order valence-electron chi connectivity index (χ0n) is 6.81. The highest BCUT2D eigenvalue weighted by atomic mass is 16.1. The number of amides is 1.